The van der Waals surface area contributed by atoms with Gasteiger partial charge in [0.05, 0.1) is 17.9 Å². The lowest BCUT2D eigenvalue weighted by molar-refractivity contribution is -0.0841. The van der Waals surface area contributed by atoms with Gasteiger partial charge >= 0.3 is 0 Å². The van der Waals surface area contributed by atoms with E-state index >= 15 is 0 Å². The molecular formula is C7H13N3. The van der Waals surface area contributed by atoms with Crippen LogP contribution in [-0.2, 0) is 0 Å². The molecule has 1 aliphatic carbocycles. The van der Waals surface area contributed by atoms with Gasteiger partial charge in [0, 0.05) is 6.54 Å². The van der Waals surface area contributed by atoms with Crippen LogP contribution in [0.4, 0.5) is 0 Å². The molecule has 2 atom stereocenters. The molecule has 3 fully saturated rings. The molecule has 3 aliphatic rings. The van der Waals surface area contributed by atoms with Crippen LogP contribution in [0.15, 0.2) is 0 Å². The standard InChI is InChI=1S/C7H13N3/c8-7-2-1-6(7)3-4-10(6)5-9-7/h9H,1-5,8H2. The van der Waals surface area contributed by atoms with Gasteiger partial charge in [0.1, 0.15) is 0 Å². The first-order chi connectivity index (χ1) is 4.77. The van der Waals surface area contributed by atoms with Crippen molar-refractivity contribution in [2.45, 2.75) is 30.5 Å². The fourth-order valence-corrected chi connectivity index (χ4v) is 2.73. The summed E-state index contributed by atoms with van der Waals surface area (Å²) in [5, 5.41) is 3.39. The van der Waals surface area contributed by atoms with Crippen LogP contribution in [0.2, 0.25) is 0 Å². The summed E-state index contributed by atoms with van der Waals surface area (Å²) in [7, 11) is 0. The Hall–Kier alpha value is -0.120. The zero-order chi connectivity index (χ0) is 6.82. The van der Waals surface area contributed by atoms with Crippen LogP contribution in [0.25, 0.3) is 0 Å². The monoisotopic (exact) mass is 139 g/mol. The molecule has 0 bridgehead atoms. The van der Waals surface area contributed by atoms with E-state index in [0.29, 0.717) is 5.54 Å². The van der Waals surface area contributed by atoms with Gasteiger partial charge in [0.15, 0.2) is 0 Å². The smallest absolute Gasteiger partial charge is 0.0862 e. The van der Waals surface area contributed by atoms with E-state index in [2.05, 4.69) is 10.2 Å². The quantitative estimate of drug-likeness (QED) is 0.472. The van der Waals surface area contributed by atoms with Gasteiger partial charge in [0.2, 0.25) is 0 Å². The summed E-state index contributed by atoms with van der Waals surface area (Å²) in [5.74, 6) is 0. The first-order valence-electron chi connectivity index (χ1n) is 4.06. The summed E-state index contributed by atoms with van der Waals surface area (Å²) < 4.78 is 0. The molecule has 3 nitrogen and oxygen atoms in total. The van der Waals surface area contributed by atoms with Gasteiger partial charge in [-0.3, -0.25) is 10.2 Å². The van der Waals surface area contributed by atoms with Crippen molar-refractivity contribution >= 4 is 0 Å². The van der Waals surface area contributed by atoms with Gasteiger partial charge in [-0.2, -0.15) is 0 Å². The molecule has 1 spiro atoms. The minimum atomic E-state index is 0.00521. The minimum absolute atomic E-state index is 0.00521. The van der Waals surface area contributed by atoms with E-state index in [-0.39, 0.29) is 5.66 Å². The Labute approximate surface area is 60.6 Å². The molecule has 2 aliphatic heterocycles. The Morgan fingerprint density at radius 1 is 1.30 bits per heavy atom. The van der Waals surface area contributed by atoms with Crippen molar-refractivity contribution in [1.82, 2.24) is 10.2 Å². The highest BCUT2D eigenvalue weighted by molar-refractivity contribution is 5.24. The van der Waals surface area contributed by atoms with E-state index in [4.69, 9.17) is 5.73 Å². The first-order valence-corrected chi connectivity index (χ1v) is 4.06. The lowest BCUT2D eigenvalue weighted by Gasteiger charge is -2.61. The zero-order valence-electron chi connectivity index (χ0n) is 6.06. The summed E-state index contributed by atoms with van der Waals surface area (Å²) in [5.41, 5.74) is 6.55. The fourth-order valence-electron chi connectivity index (χ4n) is 2.73. The summed E-state index contributed by atoms with van der Waals surface area (Å²) in [6, 6.07) is 0. The van der Waals surface area contributed by atoms with Gasteiger partial charge in [-0.1, -0.05) is 0 Å². The van der Waals surface area contributed by atoms with Gasteiger partial charge in [-0.05, 0) is 19.3 Å². The van der Waals surface area contributed by atoms with E-state index in [1.54, 1.807) is 0 Å². The second-order valence-electron chi connectivity index (χ2n) is 3.85. The lowest BCUT2D eigenvalue weighted by Crippen LogP contribution is -2.78. The summed E-state index contributed by atoms with van der Waals surface area (Å²) in [4.78, 5) is 2.48. The molecular weight excluding hydrogens is 126 g/mol. The third kappa shape index (κ3) is 0.325. The number of hydrogen-bond acceptors (Lipinski definition) is 3. The second kappa shape index (κ2) is 1.26. The predicted octanol–water partition coefficient (Wildman–Crippen LogP) is -0.560. The maximum atomic E-state index is 6.13. The molecule has 3 heteroatoms. The normalized spacial score (nSPS) is 58.5. The predicted molar refractivity (Wildman–Crippen MR) is 38.2 cm³/mol. The average Bonchev–Trinajstić information content (AvgIpc) is 1.92. The molecule has 1 saturated carbocycles. The number of hydrogen-bond donors (Lipinski definition) is 2. The third-order valence-corrected chi connectivity index (χ3v) is 3.75. The number of nitrogens with two attached hydrogens (primary N) is 1. The van der Waals surface area contributed by atoms with Crippen LogP contribution in [0, 0.1) is 0 Å². The molecule has 56 valence electrons. The molecule has 3 rings (SSSR count). The molecule has 0 radical (unpaired) electrons. The highest BCUT2D eigenvalue weighted by atomic mass is 15.5. The number of rotatable bonds is 0. The van der Waals surface area contributed by atoms with Crippen LogP contribution in [0.3, 0.4) is 0 Å². The fraction of sp³-hybridized carbons (Fsp3) is 1.00. The van der Waals surface area contributed by atoms with Crippen LogP contribution < -0.4 is 11.1 Å². The summed E-state index contributed by atoms with van der Waals surface area (Å²) >= 11 is 0. The van der Waals surface area contributed by atoms with E-state index in [9.17, 15) is 0 Å². The summed E-state index contributed by atoms with van der Waals surface area (Å²) in [6.07, 6.45) is 3.80. The highest BCUT2D eigenvalue weighted by Crippen LogP contribution is 2.54. The van der Waals surface area contributed by atoms with Gasteiger partial charge < -0.3 is 5.73 Å². The van der Waals surface area contributed by atoms with Crippen molar-refractivity contribution in [3.05, 3.63) is 0 Å². The Kier molecular flexibility index (Phi) is 0.698. The van der Waals surface area contributed by atoms with E-state index in [1.165, 1.54) is 25.8 Å². The Balaban J connectivity index is 2.02. The van der Waals surface area contributed by atoms with Gasteiger partial charge in [-0.25, -0.2) is 0 Å². The van der Waals surface area contributed by atoms with Crippen molar-refractivity contribution in [3.63, 3.8) is 0 Å². The zero-order valence-corrected chi connectivity index (χ0v) is 6.06. The van der Waals surface area contributed by atoms with Crippen molar-refractivity contribution in [1.29, 1.82) is 0 Å². The lowest BCUT2D eigenvalue weighted by atomic mass is 9.61. The Morgan fingerprint density at radius 2 is 2.20 bits per heavy atom. The Bertz CT molecular complexity index is 189. The second-order valence-corrected chi connectivity index (χ2v) is 3.85. The van der Waals surface area contributed by atoms with Gasteiger partial charge in [-0.15, -0.1) is 0 Å². The molecule has 0 aromatic heterocycles. The van der Waals surface area contributed by atoms with Crippen LogP contribution in [-0.4, -0.2) is 29.3 Å². The van der Waals surface area contributed by atoms with E-state index < -0.39 is 0 Å². The van der Waals surface area contributed by atoms with Crippen molar-refractivity contribution in [3.8, 4) is 0 Å². The molecule has 10 heavy (non-hydrogen) atoms. The number of nitrogens with one attached hydrogen (secondary N) is 1. The molecule has 3 N–H and O–H groups in total. The minimum Gasteiger partial charge on any atom is -0.312 e. The molecule has 0 amide bonds. The molecule has 0 aromatic rings. The van der Waals surface area contributed by atoms with Gasteiger partial charge in [0.25, 0.3) is 0 Å². The van der Waals surface area contributed by atoms with Crippen molar-refractivity contribution in [2.75, 3.05) is 13.2 Å². The first kappa shape index (κ1) is 5.52. The highest BCUT2D eigenvalue weighted by Gasteiger charge is 2.67. The molecule has 2 unspecified atom stereocenters. The van der Waals surface area contributed by atoms with Crippen molar-refractivity contribution in [2.24, 2.45) is 5.73 Å². The summed E-state index contributed by atoms with van der Waals surface area (Å²) in [6.45, 7) is 2.28. The largest absolute Gasteiger partial charge is 0.312 e. The van der Waals surface area contributed by atoms with E-state index in [1.807, 2.05) is 0 Å². The van der Waals surface area contributed by atoms with Crippen LogP contribution in [0.1, 0.15) is 19.3 Å². The van der Waals surface area contributed by atoms with Crippen LogP contribution >= 0.6 is 0 Å². The SMILES string of the molecule is NC12CCC13CCN3CN2. The van der Waals surface area contributed by atoms with E-state index in [0.717, 1.165) is 6.67 Å². The average molecular weight is 139 g/mol. The topological polar surface area (TPSA) is 41.3 Å². The third-order valence-electron chi connectivity index (χ3n) is 3.75. The molecule has 2 saturated heterocycles. The molecule has 2 heterocycles. The van der Waals surface area contributed by atoms with Crippen LogP contribution in [0.5, 0.6) is 0 Å². The Morgan fingerprint density at radius 3 is 2.50 bits per heavy atom. The maximum Gasteiger partial charge on any atom is 0.0862 e. The molecule has 0 aromatic carbocycles. The van der Waals surface area contributed by atoms with Crippen molar-refractivity contribution < 1.29 is 0 Å². The number of nitrogens with zero attached hydrogens (tertiary/aromatic N) is 1. The maximum absolute atomic E-state index is 6.13.